The molecule has 4 aliphatic heterocycles. The maximum atomic E-state index is 13.6. The summed E-state index contributed by atoms with van der Waals surface area (Å²) in [6.45, 7) is 1.15. The molecule has 5 atom stereocenters. The van der Waals surface area contributed by atoms with Crippen LogP contribution in [0.5, 0.6) is 0 Å². The van der Waals surface area contributed by atoms with Gasteiger partial charge in [0, 0.05) is 55.6 Å². The van der Waals surface area contributed by atoms with Crippen LogP contribution in [0.4, 0.5) is 5.69 Å². The van der Waals surface area contributed by atoms with Gasteiger partial charge in [-0.05, 0) is 67.1 Å². The van der Waals surface area contributed by atoms with Crippen molar-refractivity contribution in [1.82, 2.24) is 35.8 Å². The van der Waals surface area contributed by atoms with Crippen LogP contribution in [-0.2, 0) is 40.5 Å². The standard InChI is InChI=1S/C43H50N8O10S2/c1-63(59,60)50-20-17-29(22-50)38(54)46-33(39(55)49-43-47-34(25-62-43)27-7-3-2-4-8-27)24-61-23-26-9-11-28(12-10-26)37(53)45-19-6-5-18-44-30-13-14-31-32(21-30)42(58)51(41(31)57)35-15-16-36(52)48-40(35)56/h2-4,7-14,21,29,33-35,43-44,47H,5-6,15-20,22-25H2,1H3,(H,45,53)(H,46,54)(H,49,55)(H,48,52,56)/t29?,33-,34?,35?,43?/m0/s1. The summed E-state index contributed by atoms with van der Waals surface area (Å²) in [6, 6.07) is 19.5. The highest BCUT2D eigenvalue weighted by Gasteiger charge is 2.44. The topological polar surface area (TPSA) is 242 Å². The van der Waals surface area contributed by atoms with Crippen LogP contribution in [0.25, 0.3) is 0 Å². The van der Waals surface area contributed by atoms with Crippen molar-refractivity contribution < 1.29 is 46.7 Å². The molecule has 3 aromatic rings. The SMILES string of the molecule is CS(=O)(=O)N1CCC(C(=O)N[C@@H](COCc2ccc(C(=O)NCCCCNc3ccc4c(c3)C(=O)N(C3CCC(=O)NC3=O)C4=O)cc2)C(=O)NC2NC(c3ccccc3)CS2)C1. The number of hydrogen-bond donors (Lipinski definition) is 6. The van der Waals surface area contributed by atoms with E-state index in [-0.39, 0.29) is 62.2 Å². The summed E-state index contributed by atoms with van der Waals surface area (Å²) in [5, 5.41) is 17.5. The fourth-order valence-electron chi connectivity index (χ4n) is 7.79. The molecule has 4 aliphatic rings. The first-order valence-corrected chi connectivity index (χ1v) is 23.7. The van der Waals surface area contributed by atoms with E-state index in [2.05, 4.69) is 31.9 Å². The van der Waals surface area contributed by atoms with Gasteiger partial charge in [0.15, 0.2) is 0 Å². The van der Waals surface area contributed by atoms with Crippen LogP contribution in [-0.4, -0.2) is 121 Å². The molecular weight excluding hydrogens is 853 g/mol. The molecule has 0 bridgehead atoms. The molecular formula is C43H50N8O10S2. The van der Waals surface area contributed by atoms with Crippen molar-refractivity contribution in [1.29, 1.82) is 0 Å². The number of nitrogens with one attached hydrogen (secondary N) is 6. The van der Waals surface area contributed by atoms with Crippen molar-refractivity contribution in [2.75, 3.05) is 50.1 Å². The molecule has 0 saturated carbocycles. The van der Waals surface area contributed by atoms with Gasteiger partial charge in [-0.2, -0.15) is 0 Å². The number of anilines is 1. The summed E-state index contributed by atoms with van der Waals surface area (Å²) >= 11 is 1.54. The lowest BCUT2D eigenvalue weighted by Crippen LogP contribution is -2.54. The smallest absolute Gasteiger partial charge is 0.262 e. The number of carbonyl (C=O) groups is 7. The fraction of sp³-hybridized carbons (Fsp3) is 0.419. The van der Waals surface area contributed by atoms with Crippen molar-refractivity contribution in [2.24, 2.45) is 5.92 Å². The van der Waals surface area contributed by atoms with Crippen LogP contribution in [0.2, 0.25) is 0 Å². The monoisotopic (exact) mass is 902 g/mol. The molecule has 20 heteroatoms. The third-order valence-electron chi connectivity index (χ3n) is 11.3. The van der Waals surface area contributed by atoms with Crippen molar-refractivity contribution in [3.63, 3.8) is 0 Å². The van der Waals surface area contributed by atoms with E-state index in [1.165, 1.54) is 16.1 Å². The molecule has 0 aromatic heterocycles. The van der Waals surface area contributed by atoms with Crippen LogP contribution in [0.1, 0.15) is 80.3 Å². The molecule has 334 valence electrons. The number of ether oxygens (including phenoxy) is 1. The maximum Gasteiger partial charge on any atom is 0.262 e. The van der Waals surface area contributed by atoms with Gasteiger partial charge in [0.1, 0.15) is 17.6 Å². The summed E-state index contributed by atoms with van der Waals surface area (Å²) in [5.41, 5.74) is 2.90. The molecule has 0 radical (unpaired) electrons. The van der Waals surface area contributed by atoms with Crippen LogP contribution in [0, 0.1) is 5.92 Å². The second-order valence-corrected chi connectivity index (χ2v) is 18.9. The van der Waals surface area contributed by atoms with Gasteiger partial charge in [-0.1, -0.05) is 42.5 Å². The van der Waals surface area contributed by atoms with Crippen molar-refractivity contribution in [3.05, 3.63) is 101 Å². The molecule has 0 spiro atoms. The minimum atomic E-state index is -3.46. The summed E-state index contributed by atoms with van der Waals surface area (Å²) in [4.78, 5) is 90.6. The van der Waals surface area contributed by atoms with Gasteiger partial charge in [0.2, 0.25) is 33.7 Å². The molecule has 3 aromatic carbocycles. The van der Waals surface area contributed by atoms with Gasteiger partial charge in [0.25, 0.3) is 17.7 Å². The Labute approximate surface area is 369 Å². The number of carbonyl (C=O) groups excluding carboxylic acids is 7. The van der Waals surface area contributed by atoms with Gasteiger partial charge in [-0.15, -0.1) is 11.8 Å². The van der Waals surface area contributed by atoms with E-state index in [9.17, 15) is 42.0 Å². The minimum absolute atomic E-state index is 0.0380. The van der Waals surface area contributed by atoms with Crippen LogP contribution in [0.15, 0.2) is 72.8 Å². The van der Waals surface area contributed by atoms with Crippen LogP contribution in [0.3, 0.4) is 0 Å². The second kappa shape index (κ2) is 20.2. The summed E-state index contributed by atoms with van der Waals surface area (Å²) in [7, 11) is -3.46. The van der Waals surface area contributed by atoms with Gasteiger partial charge in [-0.3, -0.25) is 49.1 Å². The third-order valence-corrected chi connectivity index (χ3v) is 13.7. The van der Waals surface area contributed by atoms with E-state index in [1.54, 1.807) is 42.5 Å². The summed E-state index contributed by atoms with van der Waals surface area (Å²) < 4.78 is 31.3. The second-order valence-electron chi connectivity index (χ2n) is 15.8. The lowest BCUT2D eigenvalue weighted by molar-refractivity contribution is -0.136. The highest BCUT2D eigenvalue weighted by atomic mass is 32.2. The number of amides is 7. The third kappa shape index (κ3) is 11.3. The van der Waals surface area contributed by atoms with Crippen LogP contribution >= 0.6 is 11.8 Å². The van der Waals surface area contributed by atoms with E-state index < -0.39 is 69.0 Å². The van der Waals surface area contributed by atoms with Gasteiger partial charge < -0.3 is 26.0 Å². The number of fused-ring (bicyclic) bond motifs is 1. The molecule has 6 N–H and O–H groups in total. The molecule has 4 heterocycles. The Morgan fingerprint density at radius 2 is 1.67 bits per heavy atom. The number of piperidine rings is 1. The minimum Gasteiger partial charge on any atom is -0.385 e. The highest BCUT2D eigenvalue weighted by Crippen LogP contribution is 2.30. The van der Waals surface area contributed by atoms with E-state index >= 15 is 0 Å². The van der Waals surface area contributed by atoms with Crippen LogP contribution < -0.4 is 31.9 Å². The zero-order valence-electron chi connectivity index (χ0n) is 34.6. The number of sulfonamides is 1. The lowest BCUT2D eigenvalue weighted by atomic mass is 10.0. The van der Waals surface area contributed by atoms with E-state index in [0.717, 1.165) is 28.0 Å². The van der Waals surface area contributed by atoms with Crippen molar-refractivity contribution >= 4 is 68.8 Å². The first kappa shape index (κ1) is 45.4. The molecule has 63 heavy (non-hydrogen) atoms. The zero-order chi connectivity index (χ0) is 44.7. The first-order valence-electron chi connectivity index (χ1n) is 20.8. The lowest BCUT2D eigenvalue weighted by Gasteiger charge is -2.27. The van der Waals surface area contributed by atoms with Gasteiger partial charge in [0.05, 0.1) is 36.5 Å². The number of hydrogen-bond acceptors (Lipinski definition) is 13. The first-order chi connectivity index (χ1) is 30.2. The Morgan fingerprint density at radius 1 is 0.921 bits per heavy atom. The number of imide groups is 2. The predicted molar refractivity (Wildman–Crippen MR) is 232 cm³/mol. The fourth-order valence-corrected chi connectivity index (χ4v) is 9.81. The number of benzene rings is 3. The number of nitrogens with zero attached hydrogens (tertiary/aromatic N) is 2. The highest BCUT2D eigenvalue weighted by molar-refractivity contribution is 8.00. The normalized spacial score (nSPS) is 21.8. The largest absolute Gasteiger partial charge is 0.385 e. The van der Waals surface area contributed by atoms with Gasteiger partial charge >= 0.3 is 0 Å². The molecule has 18 nitrogen and oxygen atoms in total. The molecule has 7 amide bonds. The van der Waals surface area contributed by atoms with E-state index in [1.807, 2.05) is 30.3 Å². The quantitative estimate of drug-likeness (QED) is 0.0784. The summed E-state index contributed by atoms with van der Waals surface area (Å²) in [5.74, 6) is -3.24. The maximum absolute atomic E-state index is 13.6. The summed E-state index contributed by atoms with van der Waals surface area (Å²) in [6.07, 6.45) is 2.91. The van der Waals surface area contributed by atoms with Gasteiger partial charge in [-0.25, -0.2) is 12.7 Å². The van der Waals surface area contributed by atoms with E-state index in [4.69, 9.17) is 4.74 Å². The Balaban J connectivity index is 0.839. The molecule has 7 rings (SSSR count). The zero-order valence-corrected chi connectivity index (χ0v) is 36.2. The molecule has 0 aliphatic carbocycles. The predicted octanol–water partition coefficient (Wildman–Crippen LogP) is 1.47. The van der Waals surface area contributed by atoms with Crippen molar-refractivity contribution in [2.45, 2.75) is 62.3 Å². The molecule has 3 fully saturated rings. The Morgan fingerprint density at radius 3 is 2.40 bits per heavy atom. The van der Waals surface area contributed by atoms with Crippen molar-refractivity contribution in [3.8, 4) is 0 Å². The number of thioether (sulfide) groups is 1. The molecule has 3 saturated heterocycles. The van der Waals surface area contributed by atoms with E-state index in [0.29, 0.717) is 43.6 Å². The molecule has 4 unspecified atom stereocenters. The Bertz CT molecular complexity index is 2350. The Kier molecular flexibility index (Phi) is 14.6. The average Bonchev–Trinajstić information content (AvgIpc) is 4.02. The number of rotatable bonds is 18. The Hall–Kier alpha value is -5.67. The number of unbranched alkanes of at least 4 members (excludes halogenated alkanes) is 1. The average molecular weight is 903 g/mol.